The van der Waals surface area contributed by atoms with E-state index in [0.717, 1.165) is 0 Å². The highest BCUT2D eigenvalue weighted by Crippen LogP contribution is 2.48. The zero-order chi connectivity index (χ0) is 44.0. The van der Waals surface area contributed by atoms with Gasteiger partial charge in [0.25, 0.3) is 0 Å². The lowest BCUT2D eigenvalue weighted by molar-refractivity contribution is -0.260. The van der Waals surface area contributed by atoms with Crippen molar-refractivity contribution in [2.45, 2.75) is 256 Å². The van der Waals surface area contributed by atoms with Gasteiger partial charge in [-0.15, -0.1) is 0 Å². The molecule has 4 heterocycles. The van der Waals surface area contributed by atoms with Gasteiger partial charge in [0.2, 0.25) is 0 Å². The van der Waals surface area contributed by atoms with Gasteiger partial charge in [0.05, 0.1) is 19.3 Å². The second kappa shape index (κ2) is 16.2. The fourth-order valence-corrected chi connectivity index (χ4v) is 11.6. The molecule has 336 valence electrons. The summed E-state index contributed by atoms with van der Waals surface area (Å²) in [5, 5.41) is -0.186. The maximum atomic E-state index is 7.54. The Hall–Kier alpha value is 0.428. The SMILES string of the molecule is CC1(C)O[C@H]2[C@@H](O1)[C@@H](CO[C@@H]1O[C@@H]([C@@H](CO[Si](C)(C)C(C)(C)C)O[Si](C)(C)C(C)(C)C)[C@H](O[Si](C)(C)C(C)(C)C)[C@H]1O[Si](C)(C)C(C)(C)C)O[C@@H]1OC(C)(C)O[C@@H]12. The van der Waals surface area contributed by atoms with Crippen LogP contribution in [0, 0.1) is 0 Å². The summed E-state index contributed by atoms with van der Waals surface area (Å²) < 4.78 is 75.7. The van der Waals surface area contributed by atoms with E-state index in [1.165, 1.54) is 0 Å². The average Bonchev–Trinajstić information content (AvgIpc) is 3.60. The summed E-state index contributed by atoms with van der Waals surface area (Å²) in [6.45, 7) is 53.8. The Bertz CT molecular complexity index is 1380. The Kier molecular flexibility index (Phi) is 14.2. The summed E-state index contributed by atoms with van der Waals surface area (Å²) in [4.78, 5) is 0. The van der Waals surface area contributed by atoms with Crippen LogP contribution in [0.4, 0.5) is 0 Å². The van der Waals surface area contributed by atoms with E-state index < -0.39 is 106 Å². The Morgan fingerprint density at radius 1 is 0.526 bits per heavy atom. The molecular formula is C42H86O11Si4. The van der Waals surface area contributed by atoms with Gasteiger partial charge in [0, 0.05) is 0 Å². The first kappa shape index (κ1) is 50.1. The monoisotopic (exact) mass is 879 g/mol. The quantitative estimate of drug-likeness (QED) is 0.165. The van der Waals surface area contributed by atoms with Gasteiger partial charge in [-0.05, 0) is 100 Å². The molecule has 0 radical (unpaired) electrons. The first-order valence-electron chi connectivity index (χ1n) is 21.5. The predicted octanol–water partition coefficient (Wildman–Crippen LogP) is 10.3. The van der Waals surface area contributed by atoms with Crippen molar-refractivity contribution in [1.29, 1.82) is 0 Å². The normalized spacial score (nSPS) is 33.4. The van der Waals surface area contributed by atoms with Gasteiger partial charge in [0.1, 0.15) is 42.7 Å². The van der Waals surface area contributed by atoms with E-state index in [0.29, 0.717) is 6.61 Å². The van der Waals surface area contributed by atoms with Crippen LogP contribution in [-0.4, -0.2) is 119 Å². The Balaban J connectivity index is 1.80. The molecule has 0 N–H and O–H groups in total. The zero-order valence-electron chi connectivity index (χ0n) is 40.7. The predicted molar refractivity (Wildman–Crippen MR) is 236 cm³/mol. The van der Waals surface area contributed by atoms with Gasteiger partial charge >= 0.3 is 0 Å². The van der Waals surface area contributed by atoms with E-state index in [9.17, 15) is 0 Å². The van der Waals surface area contributed by atoms with Crippen molar-refractivity contribution in [3.8, 4) is 0 Å². The van der Waals surface area contributed by atoms with E-state index in [2.05, 4.69) is 135 Å². The standard InChI is InChI=1S/C42H86O11Si4/c1-37(2,3)54(17,18)44-26-28(51-55(19,20)38(4,5)6)29-32(52-56(21,22)39(7,8)9)34(53-57(23,24)40(10,11)12)35(46-29)43-25-27-30-31(48-41(13,14)47-30)33-36(45-27)50-42(15,16)49-33/h27-36H,25-26H2,1-24H3/t27-,28-,29+,30+,31+,32+,33-,34-,35-,36-/m1/s1. The molecule has 57 heavy (non-hydrogen) atoms. The lowest BCUT2D eigenvalue weighted by Gasteiger charge is -2.46. The molecule has 0 aromatic heterocycles. The molecule has 0 spiro atoms. The van der Waals surface area contributed by atoms with Crippen molar-refractivity contribution in [3.63, 3.8) is 0 Å². The first-order valence-corrected chi connectivity index (χ1v) is 33.2. The second-order valence-corrected chi connectivity index (χ2v) is 43.3. The summed E-state index contributed by atoms with van der Waals surface area (Å²) in [5.41, 5.74) is 0. The van der Waals surface area contributed by atoms with Crippen LogP contribution in [0.5, 0.6) is 0 Å². The molecule has 0 unspecified atom stereocenters. The molecule has 4 aliphatic heterocycles. The summed E-state index contributed by atoms with van der Waals surface area (Å²) in [6.07, 6.45) is -5.19. The third-order valence-electron chi connectivity index (χ3n) is 14.4. The summed E-state index contributed by atoms with van der Waals surface area (Å²) in [6, 6.07) is 0. The van der Waals surface area contributed by atoms with Crippen LogP contribution in [0.1, 0.15) is 111 Å². The minimum atomic E-state index is -2.43. The van der Waals surface area contributed by atoms with Gasteiger partial charge < -0.3 is 50.9 Å². The van der Waals surface area contributed by atoms with E-state index >= 15 is 0 Å². The van der Waals surface area contributed by atoms with E-state index in [4.69, 9.17) is 50.9 Å². The second-order valence-electron chi connectivity index (χ2n) is 24.2. The van der Waals surface area contributed by atoms with Crippen LogP contribution in [0.15, 0.2) is 0 Å². The fraction of sp³-hybridized carbons (Fsp3) is 1.00. The molecule has 4 rings (SSSR count). The van der Waals surface area contributed by atoms with E-state index in [-0.39, 0.29) is 26.8 Å². The van der Waals surface area contributed by atoms with Crippen LogP contribution in [0.2, 0.25) is 72.5 Å². The molecule has 4 saturated heterocycles. The van der Waals surface area contributed by atoms with Gasteiger partial charge in [-0.1, -0.05) is 83.1 Å². The smallest absolute Gasteiger partial charge is 0.192 e. The first-order chi connectivity index (χ1) is 25.2. The number of hydrogen-bond donors (Lipinski definition) is 0. The number of ether oxygens (including phenoxy) is 7. The van der Waals surface area contributed by atoms with Crippen molar-refractivity contribution in [3.05, 3.63) is 0 Å². The molecule has 15 heteroatoms. The maximum absolute atomic E-state index is 7.54. The lowest BCUT2D eigenvalue weighted by atomic mass is 9.99. The highest BCUT2D eigenvalue weighted by atomic mass is 28.4. The molecular weight excluding hydrogens is 793 g/mol. The summed E-state index contributed by atoms with van der Waals surface area (Å²) in [5.74, 6) is -1.65. The van der Waals surface area contributed by atoms with Crippen LogP contribution in [0.25, 0.3) is 0 Å². The largest absolute Gasteiger partial charge is 0.414 e. The molecule has 0 aliphatic carbocycles. The van der Waals surface area contributed by atoms with Crippen LogP contribution < -0.4 is 0 Å². The van der Waals surface area contributed by atoms with Crippen molar-refractivity contribution < 1.29 is 50.9 Å². The van der Waals surface area contributed by atoms with Gasteiger partial charge in [-0.25, -0.2) is 0 Å². The molecule has 0 aromatic carbocycles. The zero-order valence-corrected chi connectivity index (χ0v) is 44.7. The number of rotatable bonds is 13. The van der Waals surface area contributed by atoms with Gasteiger partial charge in [-0.3, -0.25) is 0 Å². The molecule has 4 aliphatic rings. The van der Waals surface area contributed by atoms with Gasteiger partial charge in [-0.2, -0.15) is 0 Å². The third kappa shape index (κ3) is 11.2. The van der Waals surface area contributed by atoms with E-state index in [1.807, 2.05) is 27.7 Å². The Morgan fingerprint density at radius 3 is 1.46 bits per heavy atom. The molecule has 10 atom stereocenters. The highest BCUT2D eigenvalue weighted by Gasteiger charge is 2.62. The number of fused-ring (bicyclic) bond motifs is 3. The fourth-order valence-electron chi connectivity index (χ4n) is 6.65. The summed E-state index contributed by atoms with van der Waals surface area (Å²) >= 11 is 0. The van der Waals surface area contributed by atoms with E-state index in [1.54, 1.807) is 0 Å². The Labute approximate surface area is 352 Å². The number of hydrogen-bond acceptors (Lipinski definition) is 11. The van der Waals surface area contributed by atoms with Crippen molar-refractivity contribution in [2.24, 2.45) is 0 Å². The summed E-state index contributed by atoms with van der Waals surface area (Å²) in [7, 11) is -9.40. The average molecular weight is 879 g/mol. The van der Waals surface area contributed by atoms with Crippen LogP contribution >= 0.6 is 0 Å². The third-order valence-corrected chi connectivity index (χ3v) is 32.3. The molecule has 0 amide bonds. The topological polar surface area (TPSA) is 102 Å². The van der Waals surface area contributed by atoms with Crippen molar-refractivity contribution in [2.75, 3.05) is 13.2 Å². The highest BCUT2D eigenvalue weighted by molar-refractivity contribution is 6.75. The molecule has 4 fully saturated rings. The molecule has 0 bridgehead atoms. The van der Waals surface area contributed by atoms with Crippen molar-refractivity contribution >= 4 is 33.3 Å². The lowest BCUT2D eigenvalue weighted by Crippen LogP contribution is -2.58. The van der Waals surface area contributed by atoms with Gasteiger partial charge in [0.15, 0.2) is 57.4 Å². The van der Waals surface area contributed by atoms with Crippen molar-refractivity contribution in [1.82, 2.24) is 0 Å². The maximum Gasteiger partial charge on any atom is 0.192 e. The molecule has 0 aromatic rings. The minimum Gasteiger partial charge on any atom is -0.414 e. The van der Waals surface area contributed by atoms with Crippen LogP contribution in [-0.2, 0) is 50.9 Å². The molecule has 0 saturated carbocycles. The van der Waals surface area contributed by atoms with Crippen LogP contribution in [0.3, 0.4) is 0 Å². The molecule has 11 nitrogen and oxygen atoms in total. The Morgan fingerprint density at radius 2 is 0.965 bits per heavy atom. The minimum absolute atomic E-state index is 0.0163.